The van der Waals surface area contributed by atoms with E-state index in [2.05, 4.69) is 0 Å². The Kier molecular flexibility index (Phi) is 5.42. The van der Waals surface area contributed by atoms with Crippen molar-refractivity contribution in [3.63, 3.8) is 0 Å². The average Bonchev–Trinajstić information content (AvgIpc) is 2.90. The summed E-state index contributed by atoms with van der Waals surface area (Å²) in [5.41, 5.74) is -0.383. The van der Waals surface area contributed by atoms with Crippen molar-refractivity contribution in [3.05, 3.63) is 0 Å². The molecule has 18 heavy (non-hydrogen) atoms. The van der Waals surface area contributed by atoms with Gasteiger partial charge in [-0.1, -0.05) is 0 Å². The largest absolute Gasteiger partial charge is 0.390 e. The van der Waals surface area contributed by atoms with E-state index in [0.29, 0.717) is 25.9 Å². The number of aliphatic hydroxyl groups excluding tert-OH is 1. The molecule has 2 fully saturated rings. The van der Waals surface area contributed by atoms with Crippen LogP contribution in [-0.4, -0.2) is 49.3 Å². The van der Waals surface area contributed by atoms with Gasteiger partial charge < -0.3 is 19.3 Å². The lowest BCUT2D eigenvalue weighted by molar-refractivity contribution is -0.168. The molecule has 0 bridgehead atoms. The smallest absolute Gasteiger partial charge is 0.0983 e. The number of hydrogen-bond acceptors (Lipinski definition) is 4. The van der Waals surface area contributed by atoms with Crippen molar-refractivity contribution < 1.29 is 19.3 Å². The van der Waals surface area contributed by atoms with Crippen LogP contribution < -0.4 is 0 Å². The summed E-state index contributed by atoms with van der Waals surface area (Å²) in [6.45, 7) is 4.90. The van der Waals surface area contributed by atoms with Crippen LogP contribution in [0.1, 0.15) is 45.4 Å². The molecule has 0 radical (unpaired) electrons. The summed E-state index contributed by atoms with van der Waals surface area (Å²) in [5.74, 6) is 0. The first-order valence-corrected chi connectivity index (χ1v) is 7.28. The number of aliphatic hydroxyl groups is 1. The summed E-state index contributed by atoms with van der Waals surface area (Å²) >= 11 is 0. The van der Waals surface area contributed by atoms with E-state index in [0.717, 1.165) is 45.1 Å². The highest BCUT2D eigenvalue weighted by Gasteiger charge is 2.40. The highest BCUT2D eigenvalue weighted by atomic mass is 16.5. The molecular weight excluding hydrogens is 232 g/mol. The van der Waals surface area contributed by atoms with Crippen LogP contribution in [0, 0.1) is 0 Å². The van der Waals surface area contributed by atoms with Crippen LogP contribution in [-0.2, 0) is 14.2 Å². The Morgan fingerprint density at radius 3 is 2.72 bits per heavy atom. The standard InChI is InChI=1S/C14H26O4/c1-2-18-14(7-10-16-11-8-14)13(15)6-5-12-4-3-9-17-12/h12-13,15H,2-11H2,1H3. The lowest BCUT2D eigenvalue weighted by Crippen LogP contribution is -2.49. The van der Waals surface area contributed by atoms with E-state index in [9.17, 15) is 5.11 Å². The van der Waals surface area contributed by atoms with E-state index in [4.69, 9.17) is 14.2 Å². The Balaban J connectivity index is 1.84. The summed E-state index contributed by atoms with van der Waals surface area (Å²) in [6.07, 6.45) is 5.55. The van der Waals surface area contributed by atoms with Crippen LogP contribution in [0.15, 0.2) is 0 Å². The highest BCUT2D eigenvalue weighted by molar-refractivity contribution is 4.91. The zero-order valence-corrected chi connectivity index (χ0v) is 11.4. The molecule has 4 heteroatoms. The van der Waals surface area contributed by atoms with Crippen LogP contribution in [0.5, 0.6) is 0 Å². The van der Waals surface area contributed by atoms with E-state index in [-0.39, 0.29) is 5.60 Å². The quantitative estimate of drug-likeness (QED) is 0.790. The van der Waals surface area contributed by atoms with Gasteiger partial charge in [0.15, 0.2) is 0 Å². The molecular formula is C14H26O4. The van der Waals surface area contributed by atoms with Gasteiger partial charge in [-0.3, -0.25) is 0 Å². The van der Waals surface area contributed by atoms with Crippen molar-refractivity contribution in [2.75, 3.05) is 26.4 Å². The van der Waals surface area contributed by atoms with Crippen LogP contribution in [0.3, 0.4) is 0 Å². The van der Waals surface area contributed by atoms with Gasteiger partial charge in [-0.2, -0.15) is 0 Å². The van der Waals surface area contributed by atoms with Crippen molar-refractivity contribution in [2.45, 2.75) is 63.3 Å². The third-order valence-electron chi connectivity index (χ3n) is 4.16. The highest BCUT2D eigenvalue weighted by Crippen LogP contribution is 2.32. The molecule has 2 atom stereocenters. The van der Waals surface area contributed by atoms with Crippen molar-refractivity contribution in [3.8, 4) is 0 Å². The fraction of sp³-hybridized carbons (Fsp3) is 1.00. The summed E-state index contributed by atoms with van der Waals surface area (Å²) in [5, 5.41) is 10.5. The predicted octanol–water partition coefficient (Wildman–Crippen LogP) is 1.89. The molecule has 0 aromatic heterocycles. The average molecular weight is 258 g/mol. The molecule has 2 aliphatic heterocycles. The predicted molar refractivity (Wildman–Crippen MR) is 68.6 cm³/mol. The molecule has 2 rings (SSSR count). The molecule has 2 unspecified atom stereocenters. The van der Waals surface area contributed by atoms with E-state index in [1.807, 2.05) is 6.92 Å². The number of rotatable bonds is 6. The Morgan fingerprint density at radius 1 is 1.33 bits per heavy atom. The number of ether oxygens (including phenoxy) is 3. The molecule has 0 aromatic carbocycles. The third-order valence-corrected chi connectivity index (χ3v) is 4.16. The first kappa shape index (κ1) is 14.3. The van der Waals surface area contributed by atoms with Crippen molar-refractivity contribution >= 4 is 0 Å². The molecule has 4 nitrogen and oxygen atoms in total. The van der Waals surface area contributed by atoms with Gasteiger partial charge in [-0.05, 0) is 32.6 Å². The molecule has 106 valence electrons. The maximum absolute atomic E-state index is 10.5. The third kappa shape index (κ3) is 3.44. The fourth-order valence-corrected chi connectivity index (χ4v) is 3.06. The van der Waals surface area contributed by atoms with Gasteiger partial charge in [-0.25, -0.2) is 0 Å². The normalized spacial score (nSPS) is 29.3. The van der Waals surface area contributed by atoms with Gasteiger partial charge in [0.2, 0.25) is 0 Å². The van der Waals surface area contributed by atoms with Gasteiger partial charge in [0.25, 0.3) is 0 Å². The molecule has 2 heterocycles. The van der Waals surface area contributed by atoms with Crippen LogP contribution in [0.25, 0.3) is 0 Å². The monoisotopic (exact) mass is 258 g/mol. The molecule has 0 saturated carbocycles. The van der Waals surface area contributed by atoms with Crippen LogP contribution in [0.2, 0.25) is 0 Å². The second kappa shape index (κ2) is 6.85. The SMILES string of the molecule is CCOC1(C(O)CCC2CCCO2)CCOCC1. The van der Waals surface area contributed by atoms with Crippen LogP contribution >= 0.6 is 0 Å². The summed E-state index contributed by atoms with van der Waals surface area (Å²) < 4.78 is 16.9. The maximum atomic E-state index is 10.5. The minimum Gasteiger partial charge on any atom is -0.390 e. The second-order valence-corrected chi connectivity index (χ2v) is 5.34. The van der Waals surface area contributed by atoms with Gasteiger partial charge in [0.05, 0.1) is 17.8 Å². The van der Waals surface area contributed by atoms with Crippen LogP contribution in [0.4, 0.5) is 0 Å². The van der Waals surface area contributed by atoms with Gasteiger partial charge in [-0.15, -0.1) is 0 Å². The second-order valence-electron chi connectivity index (χ2n) is 5.34. The Hall–Kier alpha value is -0.160. The molecule has 0 amide bonds. The van der Waals surface area contributed by atoms with E-state index >= 15 is 0 Å². The molecule has 0 spiro atoms. The minimum absolute atomic E-state index is 0.346. The van der Waals surface area contributed by atoms with Gasteiger partial charge >= 0.3 is 0 Å². The Bertz CT molecular complexity index is 226. The molecule has 1 N–H and O–H groups in total. The topological polar surface area (TPSA) is 47.9 Å². The minimum atomic E-state index is -0.398. The van der Waals surface area contributed by atoms with E-state index in [1.165, 1.54) is 0 Å². The zero-order chi connectivity index (χ0) is 12.8. The lowest BCUT2D eigenvalue weighted by atomic mass is 9.85. The molecule has 2 aliphatic rings. The van der Waals surface area contributed by atoms with Crippen molar-refractivity contribution in [1.82, 2.24) is 0 Å². The van der Waals surface area contributed by atoms with Crippen molar-refractivity contribution in [2.24, 2.45) is 0 Å². The zero-order valence-electron chi connectivity index (χ0n) is 11.4. The fourth-order valence-electron chi connectivity index (χ4n) is 3.06. The summed E-state index contributed by atoms with van der Waals surface area (Å²) in [7, 11) is 0. The van der Waals surface area contributed by atoms with Gasteiger partial charge in [0.1, 0.15) is 0 Å². The van der Waals surface area contributed by atoms with Gasteiger partial charge in [0, 0.05) is 39.3 Å². The molecule has 0 aliphatic carbocycles. The first-order chi connectivity index (χ1) is 8.77. The van der Waals surface area contributed by atoms with Crippen molar-refractivity contribution in [1.29, 1.82) is 0 Å². The molecule has 2 saturated heterocycles. The first-order valence-electron chi connectivity index (χ1n) is 7.28. The van der Waals surface area contributed by atoms with E-state index in [1.54, 1.807) is 0 Å². The maximum Gasteiger partial charge on any atom is 0.0983 e. The van der Waals surface area contributed by atoms with E-state index < -0.39 is 6.10 Å². The summed E-state index contributed by atoms with van der Waals surface area (Å²) in [4.78, 5) is 0. The Morgan fingerprint density at radius 2 is 2.11 bits per heavy atom. The molecule has 0 aromatic rings. The number of hydrogen-bond donors (Lipinski definition) is 1. The lowest BCUT2D eigenvalue weighted by Gasteiger charge is -2.40. The Labute approximate surface area is 110 Å². The summed E-state index contributed by atoms with van der Waals surface area (Å²) in [6, 6.07) is 0.